The quantitative estimate of drug-likeness (QED) is 0.845. The fraction of sp³-hybridized carbons (Fsp3) is 0.333. The minimum atomic E-state index is 0.287. The van der Waals surface area contributed by atoms with Crippen molar-refractivity contribution < 1.29 is 0 Å². The molecule has 0 saturated carbocycles. The zero-order valence-corrected chi connectivity index (χ0v) is 14.1. The maximum absolute atomic E-state index is 9.02. The number of nitrogens with zero attached hydrogens (tertiary/aromatic N) is 4. The summed E-state index contributed by atoms with van der Waals surface area (Å²) in [7, 11) is 0. The third-order valence-corrected chi connectivity index (χ3v) is 5.16. The van der Waals surface area contributed by atoms with E-state index in [9.17, 15) is 0 Å². The van der Waals surface area contributed by atoms with E-state index < -0.39 is 0 Å². The molecule has 0 aromatic carbocycles. The fourth-order valence-electron chi connectivity index (χ4n) is 2.48. The van der Waals surface area contributed by atoms with Gasteiger partial charge in [-0.25, -0.2) is 4.98 Å². The van der Waals surface area contributed by atoms with E-state index in [-0.39, 0.29) is 5.69 Å². The van der Waals surface area contributed by atoms with E-state index in [1.807, 2.05) is 18.2 Å². The summed E-state index contributed by atoms with van der Waals surface area (Å²) < 4.78 is 0.836. The van der Waals surface area contributed by atoms with Crippen LogP contribution in [0.1, 0.15) is 10.6 Å². The van der Waals surface area contributed by atoms with Crippen LogP contribution in [0, 0.1) is 11.3 Å². The largest absolute Gasteiger partial charge is 0.354 e. The first-order chi connectivity index (χ1) is 10.7. The number of rotatable bonds is 3. The van der Waals surface area contributed by atoms with Crippen LogP contribution < -0.4 is 4.90 Å². The van der Waals surface area contributed by atoms with Crippen LogP contribution in [0.4, 0.5) is 5.82 Å². The van der Waals surface area contributed by atoms with Gasteiger partial charge in [-0.15, -0.1) is 11.3 Å². The summed E-state index contributed by atoms with van der Waals surface area (Å²) >= 11 is 13.5. The van der Waals surface area contributed by atoms with Gasteiger partial charge in [-0.05, 0) is 24.3 Å². The Hall–Kier alpha value is -1.32. The average Bonchev–Trinajstić information content (AvgIpc) is 2.94. The molecule has 22 heavy (non-hydrogen) atoms. The van der Waals surface area contributed by atoms with E-state index in [2.05, 4.69) is 20.9 Å². The Morgan fingerprint density at radius 3 is 2.55 bits per heavy atom. The van der Waals surface area contributed by atoms with Gasteiger partial charge in [0.05, 0.1) is 9.36 Å². The molecule has 0 spiro atoms. The van der Waals surface area contributed by atoms with Gasteiger partial charge >= 0.3 is 0 Å². The number of pyridine rings is 1. The summed E-state index contributed by atoms with van der Waals surface area (Å²) in [6.45, 7) is 4.63. The van der Waals surface area contributed by atoms with Crippen LogP contribution in [0.2, 0.25) is 9.36 Å². The van der Waals surface area contributed by atoms with E-state index in [0.29, 0.717) is 5.02 Å². The molecule has 1 saturated heterocycles. The molecule has 2 aromatic heterocycles. The van der Waals surface area contributed by atoms with Crippen LogP contribution in [0.5, 0.6) is 0 Å². The van der Waals surface area contributed by atoms with Crippen LogP contribution in [0.3, 0.4) is 0 Å². The Morgan fingerprint density at radius 2 is 1.91 bits per heavy atom. The van der Waals surface area contributed by atoms with Gasteiger partial charge in [0.25, 0.3) is 0 Å². The fourth-order valence-corrected chi connectivity index (χ4v) is 3.76. The number of aromatic nitrogens is 1. The highest BCUT2D eigenvalue weighted by Crippen LogP contribution is 2.24. The Balaban J connectivity index is 1.61. The highest BCUT2D eigenvalue weighted by Gasteiger charge is 2.19. The highest BCUT2D eigenvalue weighted by atomic mass is 35.5. The van der Waals surface area contributed by atoms with Gasteiger partial charge in [-0.2, -0.15) is 5.26 Å². The first-order valence-electron chi connectivity index (χ1n) is 6.94. The third-order valence-electron chi connectivity index (χ3n) is 3.64. The molecule has 0 unspecified atom stereocenters. The maximum atomic E-state index is 9.02. The molecule has 7 heteroatoms. The lowest BCUT2D eigenvalue weighted by molar-refractivity contribution is 0.251. The number of halogens is 2. The van der Waals surface area contributed by atoms with Crippen molar-refractivity contribution in [2.75, 3.05) is 31.1 Å². The molecule has 1 aliphatic rings. The predicted octanol–water partition coefficient (Wildman–Crippen LogP) is 3.64. The Kier molecular flexibility index (Phi) is 4.84. The normalized spacial score (nSPS) is 15.8. The summed E-state index contributed by atoms with van der Waals surface area (Å²) in [4.78, 5) is 10.2. The molecule has 4 nitrogen and oxygen atoms in total. The molecule has 0 aliphatic carbocycles. The molecule has 114 valence electrons. The topological polar surface area (TPSA) is 43.2 Å². The van der Waals surface area contributed by atoms with Crippen molar-refractivity contribution in [1.82, 2.24) is 9.88 Å². The van der Waals surface area contributed by atoms with Gasteiger partial charge in [-0.1, -0.05) is 23.2 Å². The number of hydrogen-bond donors (Lipinski definition) is 0. The maximum Gasteiger partial charge on any atom is 0.161 e. The second-order valence-electron chi connectivity index (χ2n) is 5.08. The molecule has 2 aromatic rings. The first kappa shape index (κ1) is 15.6. The van der Waals surface area contributed by atoms with E-state index in [4.69, 9.17) is 28.5 Å². The van der Waals surface area contributed by atoms with Gasteiger partial charge in [-0.3, -0.25) is 4.90 Å². The predicted molar refractivity (Wildman–Crippen MR) is 90.8 cm³/mol. The second kappa shape index (κ2) is 6.84. The number of anilines is 1. The van der Waals surface area contributed by atoms with Crippen molar-refractivity contribution in [3.05, 3.63) is 44.2 Å². The molecule has 3 heterocycles. The first-order valence-corrected chi connectivity index (χ1v) is 8.51. The van der Waals surface area contributed by atoms with Crippen LogP contribution in [-0.2, 0) is 6.54 Å². The average molecular weight is 353 g/mol. The molecule has 0 atom stereocenters. The number of thiophene rings is 1. The smallest absolute Gasteiger partial charge is 0.161 e. The lowest BCUT2D eigenvalue weighted by Gasteiger charge is -2.35. The molecule has 0 N–H and O–H groups in total. The molecule has 0 radical (unpaired) electrons. The van der Waals surface area contributed by atoms with E-state index in [1.165, 1.54) is 4.88 Å². The Labute approximate surface area is 143 Å². The Morgan fingerprint density at radius 1 is 1.14 bits per heavy atom. The minimum absolute atomic E-state index is 0.287. The van der Waals surface area contributed by atoms with Gasteiger partial charge in [0.1, 0.15) is 11.9 Å². The van der Waals surface area contributed by atoms with Gasteiger partial charge in [0.2, 0.25) is 0 Å². The SMILES string of the molecule is N#Cc1nc(N2CCN(Cc3ccc(Cl)s3)CC2)ccc1Cl. The van der Waals surface area contributed by atoms with E-state index in [1.54, 1.807) is 17.4 Å². The summed E-state index contributed by atoms with van der Waals surface area (Å²) in [6.07, 6.45) is 0. The standard InChI is InChI=1S/C15H14Cl2N4S/c16-12-2-4-15(19-13(12)9-18)21-7-5-20(6-8-21)10-11-1-3-14(17)22-11/h1-4H,5-8,10H2. The zero-order chi connectivity index (χ0) is 15.5. The van der Waals surface area contributed by atoms with E-state index in [0.717, 1.165) is 42.9 Å². The lowest BCUT2D eigenvalue weighted by atomic mass is 10.2. The Bertz CT molecular complexity index is 702. The van der Waals surface area contributed by atoms with Crippen molar-refractivity contribution in [3.8, 4) is 6.07 Å². The van der Waals surface area contributed by atoms with Crippen molar-refractivity contribution in [2.24, 2.45) is 0 Å². The molecule has 0 bridgehead atoms. The number of hydrogen-bond acceptors (Lipinski definition) is 5. The number of nitriles is 1. The molecule has 1 fully saturated rings. The molecular weight excluding hydrogens is 339 g/mol. The number of piperazine rings is 1. The second-order valence-corrected chi connectivity index (χ2v) is 7.29. The highest BCUT2D eigenvalue weighted by molar-refractivity contribution is 7.16. The summed E-state index contributed by atoms with van der Waals surface area (Å²) in [5.41, 5.74) is 0.287. The van der Waals surface area contributed by atoms with Gasteiger partial charge in [0.15, 0.2) is 5.69 Å². The molecular formula is C15H14Cl2N4S. The van der Waals surface area contributed by atoms with Crippen molar-refractivity contribution in [2.45, 2.75) is 6.54 Å². The summed E-state index contributed by atoms with van der Waals surface area (Å²) in [5.74, 6) is 0.819. The summed E-state index contributed by atoms with van der Waals surface area (Å²) in [5, 5.41) is 9.42. The third kappa shape index (κ3) is 3.53. The van der Waals surface area contributed by atoms with Crippen LogP contribution in [-0.4, -0.2) is 36.1 Å². The summed E-state index contributed by atoms with van der Waals surface area (Å²) in [6, 6.07) is 9.66. The monoisotopic (exact) mass is 352 g/mol. The van der Waals surface area contributed by atoms with Crippen LogP contribution in [0.15, 0.2) is 24.3 Å². The van der Waals surface area contributed by atoms with Crippen LogP contribution >= 0.6 is 34.5 Å². The van der Waals surface area contributed by atoms with Crippen LogP contribution in [0.25, 0.3) is 0 Å². The molecule has 3 rings (SSSR count). The van der Waals surface area contributed by atoms with Gasteiger partial charge in [0, 0.05) is 37.6 Å². The van der Waals surface area contributed by atoms with Gasteiger partial charge < -0.3 is 4.90 Å². The van der Waals surface area contributed by atoms with Crippen molar-refractivity contribution in [3.63, 3.8) is 0 Å². The molecule has 1 aliphatic heterocycles. The zero-order valence-electron chi connectivity index (χ0n) is 11.8. The minimum Gasteiger partial charge on any atom is -0.354 e. The van der Waals surface area contributed by atoms with Crippen molar-refractivity contribution >= 4 is 40.4 Å². The molecule has 0 amide bonds. The van der Waals surface area contributed by atoms with Crippen molar-refractivity contribution in [1.29, 1.82) is 5.26 Å². The van der Waals surface area contributed by atoms with E-state index >= 15 is 0 Å². The lowest BCUT2D eigenvalue weighted by Crippen LogP contribution is -2.46.